The van der Waals surface area contributed by atoms with Gasteiger partial charge in [-0.2, -0.15) is 5.10 Å². The van der Waals surface area contributed by atoms with E-state index in [1.54, 1.807) is 17.9 Å². The molecule has 0 saturated heterocycles. The molecule has 2 N–H and O–H groups in total. The third-order valence-corrected chi connectivity index (χ3v) is 3.03. The van der Waals surface area contributed by atoms with Crippen LogP contribution in [0.25, 0.3) is 0 Å². The van der Waals surface area contributed by atoms with Gasteiger partial charge in [-0.1, -0.05) is 0 Å². The predicted octanol–water partition coefficient (Wildman–Crippen LogP) is 0.318. The number of aliphatic carboxylic acids is 1. The molecule has 1 amide bonds. The van der Waals surface area contributed by atoms with Crippen LogP contribution in [0.2, 0.25) is 0 Å². The lowest BCUT2D eigenvalue weighted by Crippen LogP contribution is -2.29. The number of carboxylic acid groups (broad SMARTS) is 1. The summed E-state index contributed by atoms with van der Waals surface area (Å²) in [6.45, 7) is 1.85. The van der Waals surface area contributed by atoms with Crippen molar-refractivity contribution in [1.82, 2.24) is 15.1 Å². The second kappa shape index (κ2) is 4.20. The summed E-state index contributed by atoms with van der Waals surface area (Å²) in [7, 11) is 1.80. The average molecular weight is 237 g/mol. The fraction of sp³-hybridized carbons (Fsp3) is 0.545. The molecule has 0 aromatic carbocycles. The van der Waals surface area contributed by atoms with E-state index in [1.165, 1.54) is 0 Å². The number of nitrogens with one attached hydrogen (secondary N) is 1. The Bertz CT molecular complexity index is 455. The molecule has 0 bridgehead atoms. The van der Waals surface area contributed by atoms with Gasteiger partial charge >= 0.3 is 5.97 Å². The average Bonchev–Trinajstić information content (AvgIpc) is 2.95. The normalized spacial score (nSPS) is 24.1. The molecular formula is C11H15N3O3. The molecule has 1 fully saturated rings. The second-order valence-electron chi connectivity index (χ2n) is 4.46. The maximum Gasteiger partial charge on any atom is 0.307 e. The van der Waals surface area contributed by atoms with Crippen molar-refractivity contribution in [3.05, 3.63) is 18.0 Å². The Kier molecular flexibility index (Phi) is 2.87. The highest BCUT2D eigenvalue weighted by molar-refractivity contribution is 5.89. The minimum atomic E-state index is -0.890. The van der Waals surface area contributed by atoms with Crippen LogP contribution in [-0.4, -0.2) is 26.8 Å². The van der Waals surface area contributed by atoms with Gasteiger partial charge in [0.05, 0.1) is 24.1 Å². The summed E-state index contributed by atoms with van der Waals surface area (Å²) in [6, 6.07) is -0.147. The molecular weight excluding hydrogens is 222 g/mol. The molecule has 3 unspecified atom stereocenters. The van der Waals surface area contributed by atoms with Gasteiger partial charge in [-0.05, 0) is 13.3 Å². The summed E-state index contributed by atoms with van der Waals surface area (Å²) in [5.41, 5.74) is 0.911. The van der Waals surface area contributed by atoms with E-state index in [-0.39, 0.29) is 17.9 Å². The summed E-state index contributed by atoms with van der Waals surface area (Å²) < 4.78 is 1.66. The largest absolute Gasteiger partial charge is 0.481 e. The van der Waals surface area contributed by atoms with E-state index in [9.17, 15) is 9.59 Å². The van der Waals surface area contributed by atoms with Crippen molar-refractivity contribution in [2.75, 3.05) is 0 Å². The number of hydrogen-bond donors (Lipinski definition) is 2. The number of carbonyl (C=O) groups excluding carboxylic acids is 1. The molecule has 17 heavy (non-hydrogen) atoms. The number of nitrogens with zero attached hydrogens (tertiary/aromatic N) is 2. The Morgan fingerprint density at radius 1 is 1.59 bits per heavy atom. The number of carboxylic acids is 1. The van der Waals surface area contributed by atoms with Gasteiger partial charge in [0.1, 0.15) is 0 Å². The number of carbonyl (C=O) groups is 2. The topological polar surface area (TPSA) is 84.2 Å². The van der Waals surface area contributed by atoms with Crippen molar-refractivity contribution < 1.29 is 14.7 Å². The molecule has 6 nitrogen and oxygen atoms in total. The summed E-state index contributed by atoms with van der Waals surface area (Å²) in [6.07, 6.45) is 3.96. The summed E-state index contributed by atoms with van der Waals surface area (Å²) in [5.74, 6) is -1.95. The molecule has 0 radical (unpaired) electrons. The Labute approximate surface area is 98.6 Å². The van der Waals surface area contributed by atoms with Crippen molar-refractivity contribution in [3.8, 4) is 0 Å². The van der Waals surface area contributed by atoms with Gasteiger partial charge in [-0.25, -0.2) is 0 Å². The van der Waals surface area contributed by atoms with Gasteiger partial charge in [0.15, 0.2) is 0 Å². The highest BCUT2D eigenvalue weighted by Gasteiger charge is 2.48. The second-order valence-corrected chi connectivity index (χ2v) is 4.46. The van der Waals surface area contributed by atoms with Crippen LogP contribution in [0.1, 0.15) is 24.9 Å². The highest BCUT2D eigenvalue weighted by Crippen LogP contribution is 2.39. The molecule has 3 atom stereocenters. The monoisotopic (exact) mass is 237 g/mol. The first-order chi connectivity index (χ1) is 7.99. The molecule has 0 aliphatic heterocycles. The van der Waals surface area contributed by atoms with Crippen LogP contribution in [-0.2, 0) is 16.6 Å². The first-order valence-electron chi connectivity index (χ1n) is 5.50. The quantitative estimate of drug-likeness (QED) is 0.789. The van der Waals surface area contributed by atoms with E-state index in [0.717, 1.165) is 5.56 Å². The van der Waals surface area contributed by atoms with Crippen LogP contribution in [0.15, 0.2) is 12.4 Å². The molecule has 1 heterocycles. The molecule has 92 valence electrons. The minimum absolute atomic E-state index is 0.147. The molecule has 1 aromatic rings. The van der Waals surface area contributed by atoms with Crippen LogP contribution >= 0.6 is 0 Å². The van der Waals surface area contributed by atoms with Crippen LogP contribution in [0.4, 0.5) is 0 Å². The zero-order valence-electron chi connectivity index (χ0n) is 9.75. The van der Waals surface area contributed by atoms with E-state index < -0.39 is 11.9 Å². The molecule has 1 aliphatic carbocycles. The van der Waals surface area contributed by atoms with Gasteiger partial charge in [0, 0.05) is 18.8 Å². The number of hydrogen-bond acceptors (Lipinski definition) is 3. The van der Waals surface area contributed by atoms with Crippen LogP contribution in [0.5, 0.6) is 0 Å². The van der Waals surface area contributed by atoms with E-state index in [0.29, 0.717) is 6.42 Å². The molecule has 2 rings (SSSR count). The fourth-order valence-corrected chi connectivity index (χ4v) is 1.83. The fourth-order valence-electron chi connectivity index (χ4n) is 1.83. The van der Waals surface area contributed by atoms with Crippen LogP contribution < -0.4 is 5.32 Å². The van der Waals surface area contributed by atoms with Crippen LogP contribution in [0, 0.1) is 11.8 Å². The highest BCUT2D eigenvalue weighted by atomic mass is 16.4. The SMILES string of the molecule is CC(NC(=O)C1CC1C(=O)O)c1cnn(C)c1. The maximum absolute atomic E-state index is 11.7. The zero-order valence-corrected chi connectivity index (χ0v) is 9.75. The van der Waals surface area contributed by atoms with Crippen molar-refractivity contribution in [3.63, 3.8) is 0 Å². The summed E-state index contributed by atoms with van der Waals surface area (Å²) in [4.78, 5) is 22.4. The molecule has 1 aromatic heterocycles. The van der Waals surface area contributed by atoms with E-state index in [4.69, 9.17) is 5.11 Å². The number of aryl methyl sites for hydroxylation is 1. The predicted molar refractivity (Wildman–Crippen MR) is 59.0 cm³/mol. The van der Waals surface area contributed by atoms with Gasteiger partial charge in [-0.3, -0.25) is 14.3 Å². The van der Waals surface area contributed by atoms with Gasteiger partial charge in [0.25, 0.3) is 0 Å². The number of rotatable bonds is 4. The minimum Gasteiger partial charge on any atom is -0.481 e. The Morgan fingerprint density at radius 3 is 2.76 bits per heavy atom. The molecule has 1 saturated carbocycles. The summed E-state index contributed by atoms with van der Waals surface area (Å²) >= 11 is 0. The lowest BCUT2D eigenvalue weighted by molar-refractivity contribution is -0.140. The third kappa shape index (κ3) is 2.46. The van der Waals surface area contributed by atoms with Crippen LogP contribution in [0.3, 0.4) is 0 Å². The first-order valence-corrected chi connectivity index (χ1v) is 5.50. The lowest BCUT2D eigenvalue weighted by Gasteiger charge is -2.11. The molecule has 6 heteroatoms. The Balaban J connectivity index is 1.90. The summed E-state index contributed by atoms with van der Waals surface area (Å²) in [5, 5.41) is 15.6. The molecule has 1 aliphatic rings. The Morgan fingerprint density at radius 2 is 2.29 bits per heavy atom. The van der Waals surface area contributed by atoms with Gasteiger partial charge in [0.2, 0.25) is 5.91 Å². The number of amides is 1. The Hall–Kier alpha value is -1.85. The van der Waals surface area contributed by atoms with E-state index >= 15 is 0 Å². The van der Waals surface area contributed by atoms with E-state index in [2.05, 4.69) is 10.4 Å². The molecule has 0 spiro atoms. The van der Waals surface area contributed by atoms with E-state index in [1.807, 2.05) is 13.1 Å². The smallest absolute Gasteiger partial charge is 0.307 e. The van der Waals surface area contributed by atoms with Crippen molar-refractivity contribution in [2.24, 2.45) is 18.9 Å². The standard InChI is InChI=1S/C11H15N3O3/c1-6(7-4-12-14(2)5-7)13-10(15)8-3-9(8)11(16)17/h4-6,8-9H,3H2,1-2H3,(H,13,15)(H,16,17). The van der Waals surface area contributed by atoms with Crippen molar-refractivity contribution in [2.45, 2.75) is 19.4 Å². The van der Waals surface area contributed by atoms with Crippen molar-refractivity contribution >= 4 is 11.9 Å². The third-order valence-electron chi connectivity index (χ3n) is 3.03. The zero-order chi connectivity index (χ0) is 12.6. The van der Waals surface area contributed by atoms with Gasteiger partial charge in [-0.15, -0.1) is 0 Å². The number of aromatic nitrogens is 2. The maximum atomic E-state index is 11.7. The lowest BCUT2D eigenvalue weighted by atomic mass is 10.2. The first kappa shape index (κ1) is 11.6. The van der Waals surface area contributed by atoms with Gasteiger partial charge < -0.3 is 10.4 Å². The van der Waals surface area contributed by atoms with Crippen molar-refractivity contribution in [1.29, 1.82) is 0 Å².